The van der Waals surface area contributed by atoms with Crippen molar-refractivity contribution in [1.29, 1.82) is 0 Å². The fourth-order valence-corrected chi connectivity index (χ4v) is 9.70. The molecule has 0 spiro atoms. The lowest BCUT2D eigenvalue weighted by atomic mass is 10.0. The largest absolute Gasteiger partial charge is 0.454 e. The Bertz CT molecular complexity index is 3580. The number of furan rings is 1. The van der Waals surface area contributed by atoms with Crippen LogP contribution < -0.4 is 0 Å². The normalized spacial score (nSPS) is 12.4. The highest BCUT2D eigenvalue weighted by atomic mass is 16.3. The molecule has 0 atom stereocenters. The number of para-hydroxylation sites is 2. The highest BCUT2D eigenvalue weighted by Gasteiger charge is 2.26. The molecule has 3 aromatic heterocycles. The van der Waals surface area contributed by atoms with E-state index in [4.69, 9.17) is 4.42 Å². The number of rotatable bonds is 3. The second-order valence-corrected chi connectivity index (χ2v) is 14.8. The zero-order valence-electron chi connectivity index (χ0n) is 29.6. The summed E-state index contributed by atoms with van der Waals surface area (Å²) >= 11 is 0. The quantitative estimate of drug-likeness (QED) is 0.180. The van der Waals surface area contributed by atoms with E-state index in [0.29, 0.717) is 0 Å². The molecule has 3 heteroatoms. The van der Waals surface area contributed by atoms with Gasteiger partial charge in [0.25, 0.3) is 0 Å². The Labute approximate surface area is 315 Å². The van der Waals surface area contributed by atoms with Crippen molar-refractivity contribution in [3.63, 3.8) is 0 Å². The monoisotopic (exact) mass is 698 g/mol. The minimum absolute atomic E-state index is 0.898. The molecule has 0 unspecified atom stereocenters. The number of nitrogens with zero attached hydrogens (tertiary/aromatic N) is 2. The molecule has 9 aromatic carbocycles. The molecule has 1 aliphatic rings. The van der Waals surface area contributed by atoms with Gasteiger partial charge in [-0.05, 0) is 86.6 Å². The van der Waals surface area contributed by atoms with Crippen LogP contribution in [-0.2, 0) is 0 Å². The van der Waals surface area contributed by atoms with Crippen LogP contribution in [0.3, 0.4) is 0 Å². The summed E-state index contributed by atoms with van der Waals surface area (Å²) in [5, 5.41) is 9.65. The van der Waals surface area contributed by atoms with Crippen LogP contribution in [0.1, 0.15) is 0 Å². The number of fused-ring (bicyclic) bond motifs is 14. The van der Waals surface area contributed by atoms with Gasteiger partial charge in [0.1, 0.15) is 5.58 Å². The Hall–Kier alpha value is -7.36. The van der Waals surface area contributed by atoms with E-state index in [2.05, 4.69) is 191 Å². The van der Waals surface area contributed by atoms with Crippen molar-refractivity contribution in [3.05, 3.63) is 182 Å². The van der Waals surface area contributed by atoms with Gasteiger partial charge < -0.3 is 13.6 Å². The molecule has 1 aliphatic carbocycles. The van der Waals surface area contributed by atoms with Gasteiger partial charge in [-0.25, -0.2) is 0 Å². The molecular formula is C52H30N2O. The first-order valence-electron chi connectivity index (χ1n) is 18.9. The fourth-order valence-electron chi connectivity index (χ4n) is 9.70. The summed E-state index contributed by atoms with van der Waals surface area (Å²) in [6.45, 7) is 0. The van der Waals surface area contributed by atoms with Crippen LogP contribution in [0.5, 0.6) is 0 Å². The molecule has 3 nitrogen and oxygen atoms in total. The molecule has 13 rings (SSSR count). The van der Waals surface area contributed by atoms with Crippen molar-refractivity contribution in [1.82, 2.24) is 9.13 Å². The summed E-state index contributed by atoms with van der Waals surface area (Å²) in [7, 11) is 0. The Morgan fingerprint density at radius 1 is 0.345 bits per heavy atom. The summed E-state index contributed by atoms with van der Waals surface area (Å²) < 4.78 is 11.8. The zero-order valence-corrected chi connectivity index (χ0v) is 29.6. The molecule has 0 bridgehead atoms. The maximum absolute atomic E-state index is 6.83. The lowest BCUT2D eigenvalue weighted by Crippen LogP contribution is -1.99. The van der Waals surface area contributed by atoms with Gasteiger partial charge in [-0.1, -0.05) is 140 Å². The molecule has 12 aromatic rings. The SMILES string of the molecule is c1ccc(-c2ccc(-n3c4c(ccc5c6ccccc6oc54)c4ccc5c6ccccc6n(-c6cc7c8c(cccc8c6)-c6ccccc6-7)c5c43)cc2)cc1. The summed E-state index contributed by atoms with van der Waals surface area (Å²) in [4.78, 5) is 0. The van der Waals surface area contributed by atoms with E-state index in [-0.39, 0.29) is 0 Å². The molecule has 0 fully saturated rings. The first kappa shape index (κ1) is 29.1. The molecular weight excluding hydrogens is 669 g/mol. The lowest BCUT2D eigenvalue weighted by molar-refractivity contribution is 0.671. The van der Waals surface area contributed by atoms with Gasteiger partial charge in [0.2, 0.25) is 0 Å². The van der Waals surface area contributed by atoms with Crippen LogP contribution in [0.25, 0.3) is 121 Å². The maximum atomic E-state index is 6.83. The third-order valence-corrected chi connectivity index (χ3v) is 12.0. The number of hydrogen-bond acceptors (Lipinski definition) is 1. The highest BCUT2D eigenvalue weighted by Crippen LogP contribution is 2.50. The molecule has 0 amide bonds. The second-order valence-electron chi connectivity index (χ2n) is 14.8. The van der Waals surface area contributed by atoms with E-state index in [1.807, 2.05) is 0 Å². The maximum Gasteiger partial charge on any atom is 0.160 e. The minimum atomic E-state index is 0.898. The Morgan fingerprint density at radius 3 is 1.80 bits per heavy atom. The molecule has 0 radical (unpaired) electrons. The van der Waals surface area contributed by atoms with Crippen molar-refractivity contribution >= 4 is 76.3 Å². The Balaban J connectivity index is 1.21. The van der Waals surface area contributed by atoms with Crippen LogP contribution in [-0.4, -0.2) is 9.13 Å². The Kier molecular flexibility index (Phi) is 5.63. The van der Waals surface area contributed by atoms with Crippen LogP contribution in [0, 0.1) is 0 Å². The second kappa shape index (κ2) is 10.6. The molecule has 55 heavy (non-hydrogen) atoms. The average molecular weight is 699 g/mol. The molecule has 0 saturated carbocycles. The Morgan fingerprint density at radius 2 is 0.964 bits per heavy atom. The third-order valence-electron chi connectivity index (χ3n) is 12.0. The molecule has 0 aliphatic heterocycles. The molecule has 0 N–H and O–H groups in total. The highest BCUT2D eigenvalue weighted by molar-refractivity contribution is 6.28. The smallest absolute Gasteiger partial charge is 0.160 e. The van der Waals surface area contributed by atoms with Crippen molar-refractivity contribution in [2.45, 2.75) is 0 Å². The van der Waals surface area contributed by atoms with E-state index in [1.54, 1.807) is 0 Å². The van der Waals surface area contributed by atoms with Gasteiger partial charge in [0.05, 0.1) is 22.1 Å². The van der Waals surface area contributed by atoms with E-state index in [1.165, 1.54) is 76.7 Å². The van der Waals surface area contributed by atoms with Gasteiger partial charge >= 0.3 is 0 Å². The van der Waals surface area contributed by atoms with Crippen molar-refractivity contribution < 1.29 is 4.42 Å². The predicted molar refractivity (Wildman–Crippen MR) is 230 cm³/mol. The molecule has 3 heterocycles. The van der Waals surface area contributed by atoms with Gasteiger partial charge in [-0.2, -0.15) is 0 Å². The average Bonchev–Trinajstić information content (AvgIpc) is 3.99. The first-order valence-corrected chi connectivity index (χ1v) is 18.9. The van der Waals surface area contributed by atoms with Crippen LogP contribution in [0.15, 0.2) is 186 Å². The molecule has 0 saturated heterocycles. The third kappa shape index (κ3) is 3.84. The van der Waals surface area contributed by atoms with Crippen LogP contribution in [0.2, 0.25) is 0 Å². The fraction of sp³-hybridized carbons (Fsp3) is 0. The number of aromatic nitrogens is 2. The molecule has 254 valence electrons. The van der Waals surface area contributed by atoms with Gasteiger partial charge in [0, 0.05) is 43.7 Å². The van der Waals surface area contributed by atoms with Crippen molar-refractivity contribution in [2.24, 2.45) is 0 Å². The van der Waals surface area contributed by atoms with Gasteiger partial charge in [-0.15, -0.1) is 0 Å². The van der Waals surface area contributed by atoms with Crippen LogP contribution >= 0.6 is 0 Å². The standard InChI is InChI=1S/C52H30N2O/c1-2-11-31(12-3-1)32-21-23-34(24-22-32)54-50-42(43-27-28-44-39-17-7-9-20-47(39)55-52(44)51(43)54)26-25-41-38-16-6-8-19-46(38)53(49(41)50)35-29-33-13-10-18-40-36-14-4-5-15-37(36)45(30-35)48(33)40/h1-30H. The number of hydrogen-bond donors (Lipinski definition) is 0. The summed E-state index contributed by atoms with van der Waals surface area (Å²) in [6.07, 6.45) is 0. The van der Waals surface area contributed by atoms with Gasteiger partial charge in [0.15, 0.2) is 5.58 Å². The lowest BCUT2D eigenvalue weighted by Gasteiger charge is -2.15. The van der Waals surface area contributed by atoms with E-state index >= 15 is 0 Å². The van der Waals surface area contributed by atoms with E-state index in [0.717, 1.165) is 44.3 Å². The van der Waals surface area contributed by atoms with Crippen molar-refractivity contribution in [3.8, 4) is 44.8 Å². The van der Waals surface area contributed by atoms with Gasteiger partial charge in [-0.3, -0.25) is 0 Å². The predicted octanol–water partition coefficient (Wildman–Crippen LogP) is 14.2. The van der Waals surface area contributed by atoms with Crippen LogP contribution in [0.4, 0.5) is 0 Å². The van der Waals surface area contributed by atoms with E-state index in [9.17, 15) is 0 Å². The summed E-state index contributed by atoms with van der Waals surface area (Å²) in [5.74, 6) is 0. The van der Waals surface area contributed by atoms with Crippen molar-refractivity contribution in [2.75, 3.05) is 0 Å². The zero-order chi connectivity index (χ0) is 35.8. The van der Waals surface area contributed by atoms with E-state index < -0.39 is 0 Å². The number of benzene rings is 9. The minimum Gasteiger partial charge on any atom is -0.454 e. The first-order chi connectivity index (χ1) is 27.3. The summed E-state index contributed by atoms with van der Waals surface area (Å²) in [6, 6.07) is 66.5. The topological polar surface area (TPSA) is 23.0 Å². The summed E-state index contributed by atoms with van der Waals surface area (Å²) in [5.41, 5.74) is 16.2.